The lowest BCUT2D eigenvalue weighted by Crippen LogP contribution is -2.41. The molecule has 0 spiro atoms. The highest BCUT2D eigenvalue weighted by Crippen LogP contribution is 2.18. The van der Waals surface area contributed by atoms with Crippen LogP contribution in [0.1, 0.15) is 12.5 Å². The predicted molar refractivity (Wildman–Crippen MR) is 97.6 cm³/mol. The number of hydrogen-bond acceptors (Lipinski definition) is 3. The van der Waals surface area contributed by atoms with Crippen molar-refractivity contribution in [2.45, 2.75) is 19.6 Å². The van der Waals surface area contributed by atoms with Gasteiger partial charge in [0.2, 0.25) is 0 Å². The maximum atomic E-state index is 13.7. The molecule has 140 valence electrons. The molecule has 2 N–H and O–H groups in total. The van der Waals surface area contributed by atoms with Crippen molar-refractivity contribution >= 4 is 5.96 Å². The van der Waals surface area contributed by atoms with E-state index in [1.165, 1.54) is 19.2 Å². The fourth-order valence-electron chi connectivity index (χ4n) is 2.27. The Balaban J connectivity index is 1.82. The van der Waals surface area contributed by atoms with Gasteiger partial charge in [0.1, 0.15) is 6.10 Å². The zero-order valence-electron chi connectivity index (χ0n) is 15.1. The van der Waals surface area contributed by atoms with E-state index in [0.29, 0.717) is 19.0 Å². The van der Waals surface area contributed by atoms with E-state index in [1.54, 1.807) is 37.4 Å². The van der Waals surface area contributed by atoms with Crippen LogP contribution in [0.2, 0.25) is 0 Å². The van der Waals surface area contributed by atoms with Crippen molar-refractivity contribution in [3.63, 3.8) is 0 Å². The number of nitrogens with zero attached hydrogens (tertiary/aromatic N) is 1. The molecule has 0 heterocycles. The Morgan fingerprint density at radius 2 is 1.85 bits per heavy atom. The minimum atomic E-state index is -0.415. The van der Waals surface area contributed by atoms with Gasteiger partial charge in [-0.2, -0.15) is 0 Å². The van der Waals surface area contributed by atoms with Crippen molar-refractivity contribution in [3.05, 3.63) is 59.7 Å². The summed E-state index contributed by atoms with van der Waals surface area (Å²) in [5.41, 5.74) is 0.752. The molecule has 26 heavy (non-hydrogen) atoms. The molecule has 0 saturated heterocycles. The summed E-state index contributed by atoms with van der Waals surface area (Å²) in [5.74, 6) is 0.129. The Hall–Kier alpha value is -2.83. The van der Waals surface area contributed by atoms with Gasteiger partial charge in [0.05, 0.1) is 13.7 Å². The van der Waals surface area contributed by atoms with Gasteiger partial charge in [-0.1, -0.05) is 18.2 Å². The van der Waals surface area contributed by atoms with E-state index < -0.39 is 11.6 Å². The van der Waals surface area contributed by atoms with Crippen LogP contribution in [0, 0.1) is 11.6 Å². The third-order valence-electron chi connectivity index (χ3n) is 3.62. The summed E-state index contributed by atoms with van der Waals surface area (Å²) in [7, 11) is 3.05. The van der Waals surface area contributed by atoms with Crippen LogP contribution in [0.15, 0.2) is 47.5 Å². The summed E-state index contributed by atoms with van der Waals surface area (Å²) in [6.07, 6.45) is -0.274. The minimum Gasteiger partial charge on any atom is -0.494 e. The summed E-state index contributed by atoms with van der Waals surface area (Å²) < 4.78 is 37.8. The van der Waals surface area contributed by atoms with Gasteiger partial charge in [0.25, 0.3) is 0 Å². The SMILES string of the molecule is CN=C(NCc1ccc(OC)c(F)c1)NCC(C)Oc1ccccc1F. The van der Waals surface area contributed by atoms with Gasteiger partial charge in [-0.3, -0.25) is 4.99 Å². The highest BCUT2D eigenvalue weighted by atomic mass is 19.1. The van der Waals surface area contributed by atoms with Crippen LogP contribution in [0.5, 0.6) is 11.5 Å². The van der Waals surface area contributed by atoms with Gasteiger partial charge in [0.15, 0.2) is 29.1 Å². The van der Waals surface area contributed by atoms with Gasteiger partial charge in [-0.25, -0.2) is 8.78 Å². The molecule has 0 amide bonds. The van der Waals surface area contributed by atoms with E-state index in [2.05, 4.69) is 15.6 Å². The first-order valence-corrected chi connectivity index (χ1v) is 8.21. The monoisotopic (exact) mass is 363 g/mol. The fourth-order valence-corrected chi connectivity index (χ4v) is 2.27. The van der Waals surface area contributed by atoms with Gasteiger partial charge in [-0.05, 0) is 36.8 Å². The van der Waals surface area contributed by atoms with E-state index in [-0.39, 0.29) is 17.6 Å². The Morgan fingerprint density at radius 1 is 1.08 bits per heavy atom. The summed E-state index contributed by atoms with van der Waals surface area (Å²) in [5, 5.41) is 6.17. The Labute approximate surface area is 152 Å². The number of para-hydroxylation sites is 1. The molecule has 2 aromatic carbocycles. The van der Waals surface area contributed by atoms with Crippen molar-refractivity contribution in [2.75, 3.05) is 20.7 Å². The first-order chi connectivity index (χ1) is 12.5. The van der Waals surface area contributed by atoms with Gasteiger partial charge in [0, 0.05) is 13.6 Å². The Morgan fingerprint density at radius 3 is 2.50 bits per heavy atom. The predicted octanol–water partition coefficient (Wildman–Crippen LogP) is 3.11. The lowest BCUT2D eigenvalue weighted by Gasteiger charge is -2.18. The van der Waals surface area contributed by atoms with E-state index in [4.69, 9.17) is 9.47 Å². The molecule has 1 unspecified atom stereocenters. The average Bonchev–Trinajstić information content (AvgIpc) is 2.64. The molecule has 0 aliphatic rings. The second-order valence-electron chi connectivity index (χ2n) is 5.63. The lowest BCUT2D eigenvalue weighted by atomic mass is 10.2. The van der Waals surface area contributed by atoms with Gasteiger partial charge in [-0.15, -0.1) is 0 Å². The van der Waals surface area contributed by atoms with Crippen LogP contribution < -0.4 is 20.1 Å². The fraction of sp³-hybridized carbons (Fsp3) is 0.316. The first-order valence-electron chi connectivity index (χ1n) is 8.21. The normalized spacial score (nSPS) is 12.4. The van der Waals surface area contributed by atoms with Gasteiger partial charge >= 0.3 is 0 Å². The number of hydrogen-bond donors (Lipinski definition) is 2. The lowest BCUT2D eigenvalue weighted by molar-refractivity contribution is 0.214. The molecule has 2 aromatic rings. The number of rotatable bonds is 7. The topological polar surface area (TPSA) is 54.9 Å². The molecular formula is C19H23F2N3O2. The van der Waals surface area contributed by atoms with E-state index in [1.807, 2.05) is 6.92 Å². The number of halogens is 2. The second-order valence-corrected chi connectivity index (χ2v) is 5.63. The molecule has 1 atom stereocenters. The standard InChI is InChI=1S/C19H23F2N3O2/c1-13(26-18-7-5-4-6-15(18)20)11-23-19(22-2)24-12-14-8-9-17(25-3)16(21)10-14/h4-10,13H,11-12H2,1-3H3,(H2,22,23,24). The molecule has 2 rings (SSSR count). The van der Waals surface area contributed by atoms with Crippen molar-refractivity contribution in [1.82, 2.24) is 10.6 Å². The van der Waals surface area contributed by atoms with Crippen LogP contribution in [-0.4, -0.2) is 32.8 Å². The zero-order chi connectivity index (χ0) is 18.9. The highest BCUT2D eigenvalue weighted by Gasteiger charge is 2.09. The molecule has 7 heteroatoms. The van der Waals surface area contributed by atoms with Crippen molar-refractivity contribution in [3.8, 4) is 11.5 Å². The Kier molecular flexibility index (Phi) is 7.20. The molecular weight excluding hydrogens is 340 g/mol. The van der Waals surface area contributed by atoms with Crippen LogP contribution in [0.3, 0.4) is 0 Å². The minimum absolute atomic E-state index is 0.204. The number of ether oxygens (including phenoxy) is 2. The Bertz CT molecular complexity index is 753. The van der Waals surface area contributed by atoms with Crippen molar-refractivity contribution in [2.24, 2.45) is 4.99 Å². The summed E-state index contributed by atoms with van der Waals surface area (Å²) in [6, 6.07) is 11.0. The van der Waals surface area contributed by atoms with Crippen molar-refractivity contribution in [1.29, 1.82) is 0 Å². The van der Waals surface area contributed by atoms with E-state index in [9.17, 15) is 8.78 Å². The van der Waals surface area contributed by atoms with E-state index in [0.717, 1.165) is 5.56 Å². The maximum Gasteiger partial charge on any atom is 0.191 e. The number of aliphatic imine (C=N–C) groups is 1. The summed E-state index contributed by atoms with van der Waals surface area (Å²) in [4.78, 5) is 4.10. The quantitative estimate of drug-likeness (QED) is 0.586. The zero-order valence-corrected chi connectivity index (χ0v) is 15.1. The molecule has 0 fully saturated rings. The second kappa shape index (κ2) is 9.60. The summed E-state index contributed by atoms with van der Waals surface area (Å²) >= 11 is 0. The third kappa shape index (κ3) is 5.61. The molecule has 5 nitrogen and oxygen atoms in total. The maximum absolute atomic E-state index is 13.7. The average molecular weight is 363 g/mol. The van der Waals surface area contributed by atoms with Crippen LogP contribution in [0.4, 0.5) is 8.78 Å². The smallest absolute Gasteiger partial charge is 0.191 e. The molecule has 0 saturated carbocycles. The first kappa shape index (κ1) is 19.5. The molecule has 0 bridgehead atoms. The number of guanidine groups is 1. The van der Waals surface area contributed by atoms with Gasteiger partial charge < -0.3 is 20.1 Å². The molecule has 0 radical (unpaired) electrons. The number of nitrogens with one attached hydrogen (secondary N) is 2. The van der Waals surface area contributed by atoms with Crippen LogP contribution in [-0.2, 0) is 6.54 Å². The molecule has 0 aromatic heterocycles. The largest absolute Gasteiger partial charge is 0.494 e. The molecule has 0 aliphatic carbocycles. The number of methoxy groups -OCH3 is 1. The van der Waals surface area contributed by atoms with Crippen LogP contribution >= 0.6 is 0 Å². The number of benzene rings is 2. The van der Waals surface area contributed by atoms with Crippen molar-refractivity contribution < 1.29 is 18.3 Å². The van der Waals surface area contributed by atoms with Crippen LogP contribution in [0.25, 0.3) is 0 Å². The van der Waals surface area contributed by atoms with E-state index >= 15 is 0 Å². The summed E-state index contributed by atoms with van der Waals surface area (Å²) in [6.45, 7) is 2.64. The third-order valence-corrected chi connectivity index (χ3v) is 3.62. The highest BCUT2D eigenvalue weighted by molar-refractivity contribution is 5.79. The molecule has 0 aliphatic heterocycles.